The van der Waals surface area contributed by atoms with Crippen LogP contribution in [0.2, 0.25) is 5.02 Å². The van der Waals surface area contributed by atoms with Crippen LogP contribution >= 0.6 is 34.7 Å². The molecule has 3 aromatic rings. The van der Waals surface area contributed by atoms with E-state index in [1.54, 1.807) is 11.8 Å². The van der Waals surface area contributed by atoms with Crippen molar-refractivity contribution < 1.29 is 27.6 Å². The Labute approximate surface area is 250 Å². The summed E-state index contributed by atoms with van der Waals surface area (Å²) < 4.78 is 39.1. The van der Waals surface area contributed by atoms with E-state index in [9.17, 15) is 32.3 Å². The van der Waals surface area contributed by atoms with Gasteiger partial charge in [0, 0.05) is 39.7 Å². The van der Waals surface area contributed by atoms with Crippen molar-refractivity contribution in [2.24, 2.45) is 29.6 Å². The second kappa shape index (κ2) is 9.99. The number of aromatic nitrogens is 1. The number of anilines is 1. The van der Waals surface area contributed by atoms with E-state index >= 15 is 0 Å². The van der Waals surface area contributed by atoms with Crippen molar-refractivity contribution in [1.82, 2.24) is 9.88 Å². The van der Waals surface area contributed by atoms with Gasteiger partial charge in [-0.05, 0) is 60.1 Å². The van der Waals surface area contributed by atoms with E-state index in [1.165, 1.54) is 23.5 Å². The molecular weight excluding hydrogens is 611 g/mol. The van der Waals surface area contributed by atoms with Gasteiger partial charge in [0.1, 0.15) is 0 Å². The number of thiazole rings is 1. The van der Waals surface area contributed by atoms with Crippen molar-refractivity contribution in [3.05, 3.63) is 79.2 Å². The van der Waals surface area contributed by atoms with Crippen molar-refractivity contribution in [2.45, 2.75) is 35.2 Å². The topological polar surface area (TPSA) is 99.3 Å². The van der Waals surface area contributed by atoms with Crippen molar-refractivity contribution in [2.75, 3.05) is 11.9 Å². The number of hydrogen-bond acceptors (Lipinski definition) is 6. The van der Waals surface area contributed by atoms with Gasteiger partial charge in [-0.15, -0.1) is 11.8 Å². The molecule has 0 spiro atoms. The van der Waals surface area contributed by atoms with Crippen molar-refractivity contribution in [3.63, 3.8) is 0 Å². The van der Waals surface area contributed by atoms with Gasteiger partial charge in [-0.25, -0.2) is 0 Å². The van der Waals surface area contributed by atoms with Crippen LogP contribution in [0.25, 0.3) is 0 Å². The molecule has 2 saturated carbocycles. The van der Waals surface area contributed by atoms with Crippen molar-refractivity contribution in [1.29, 1.82) is 0 Å². The molecule has 13 heteroatoms. The summed E-state index contributed by atoms with van der Waals surface area (Å²) in [5.41, 5.74) is 0.113. The first kappa shape index (κ1) is 27.7. The monoisotopic (exact) mass is 633 g/mol. The largest absolute Gasteiger partial charge is 0.416 e. The lowest BCUT2D eigenvalue weighted by atomic mass is 9.68. The van der Waals surface area contributed by atoms with Gasteiger partial charge in [-0.1, -0.05) is 41.1 Å². The molecule has 7 unspecified atom stereocenters. The minimum Gasteiger partial charge on any atom is -0.326 e. The summed E-state index contributed by atoms with van der Waals surface area (Å²) in [6.07, 6.45) is -4.04. The fraction of sp³-hybridized carbons (Fsp3) is 0.379. The molecule has 7 atom stereocenters. The Morgan fingerprint density at radius 3 is 2.48 bits per heavy atom. The number of amides is 3. The zero-order valence-corrected chi connectivity index (χ0v) is 24.1. The molecule has 3 heterocycles. The molecule has 1 saturated heterocycles. The molecule has 0 radical (unpaired) electrons. The molecule has 2 aromatic carbocycles. The van der Waals surface area contributed by atoms with Crippen LogP contribution in [-0.4, -0.2) is 39.4 Å². The lowest BCUT2D eigenvalue weighted by Crippen LogP contribution is -2.42. The summed E-state index contributed by atoms with van der Waals surface area (Å²) in [6, 6.07) is 11.8. The number of rotatable bonds is 5. The number of fused-ring (bicyclic) bond motifs is 9. The van der Waals surface area contributed by atoms with Crippen LogP contribution in [0.15, 0.2) is 58.4 Å². The minimum atomic E-state index is -4.55. The highest BCUT2D eigenvalue weighted by Gasteiger charge is 2.69. The molecule has 2 N–H and O–H groups in total. The summed E-state index contributed by atoms with van der Waals surface area (Å²) in [7, 11) is 0. The van der Waals surface area contributed by atoms with E-state index in [1.807, 2.05) is 24.3 Å². The lowest BCUT2D eigenvalue weighted by molar-refractivity contribution is -0.141. The van der Waals surface area contributed by atoms with Crippen LogP contribution < -0.4 is 10.2 Å². The predicted octanol–water partition coefficient (Wildman–Crippen LogP) is 5.61. The number of thioether (sulfide) groups is 1. The second-order valence-corrected chi connectivity index (χ2v) is 13.9. The Hall–Kier alpha value is -3.09. The number of likely N-dealkylation sites (tertiary alicyclic amines) is 1. The van der Waals surface area contributed by atoms with E-state index < -0.39 is 29.5 Å². The van der Waals surface area contributed by atoms with Crippen LogP contribution in [-0.2, 0) is 20.6 Å². The summed E-state index contributed by atoms with van der Waals surface area (Å²) in [6.45, 7) is -0.140. The van der Waals surface area contributed by atoms with E-state index in [0.29, 0.717) is 5.02 Å². The van der Waals surface area contributed by atoms with Crippen molar-refractivity contribution in [3.8, 4) is 0 Å². The number of aromatic amines is 1. The molecule has 218 valence electrons. The number of nitrogens with one attached hydrogen (secondary N) is 2. The maximum atomic E-state index is 13.7. The molecular formula is C29H23ClF3N3O4S2. The molecule has 3 fully saturated rings. The quantitative estimate of drug-likeness (QED) is 0.356. The summed E-state index contributed by atoms with van der Waals surface area (Å²) in [5.74, 6) is -2.35. The Morgan fingerprint density at radius 2 is 1.76 bits per heavy atom. The number of carbonyl (C=O) groups excluding carboxylic acids is 3. The molecule has 1 aromatic heterocycles. The molecule has 42 heavy (non-hydrogen) atoms. The lowest BCUT2D eigenvalue weighted by Gasteiger charge is -2.43. The summed E-state index contributed by atoms with van der Waals surface area (Å²) in [4.78, 5) is 57.2. The fourth-order valence-electron chi connectivity index (χ4n) is 7.55. The third kappa shape index (κ3) is 4.41. The second-order valence-electron chi connectivity index (χ2n) is 11.2. The third-order valence-corrected chi connectivity index (χ3v) is 11.9. The number of hydrogen-bond donors (Lipinski definition) is 2. The summed E-state index contributed by atoms with van der Waals surface area (Å²) >= 11 is 8.93. The molecule has 4 aliphatic rings. The normalized spacial score (nSPS) is 29.4. The number of benzene rings is 2. The average Bonchev–Trinajstić information content (AvgIpc) is 3.67. The Balaban J connectivity index is 1.11. The first-order valence-electron chi connectivity index (χ1n) is 13.5. The molecule has 2 aliphatic carbocycles. The predicted molar refractivity (Wildman–Crippen MR) is 151 cm³/mol. The van der Waals surface area contributed by atoms with Crippen molar-refractivity contribution >= 4 is 58.1 Å². The number of H-pyrrole nitrogens is 1. The molecule has 2 bridgehead atoms. The number of halogens is 4. The smallest absolute Gasteiger partial charge is 0.326 e. The van der Waals surface area contributed by atoms with Gasteiger partial charge in [0.25, 0.3) is 0 Å². The Morgan fingerprint density at radius 1 is 1.05 bits per heavy atom. The van der Waals surface area contributed by atoms with E-state index in [0.717, 1.165) is 38.9 Å². The highest BCUT2D eigenvalue weighted by Crippen LogP contribution is 2.68. The fourth-order valence-corrected chi connectivity index (χ4v) is 10.6. The number of imide groups is 1. The zero-order chi connectivity index (χ0) is 29.5. The highest BCUT2D eigenvalue weighted by molar-refractivity contribution is 8.00. The van der Waals surface area contributed by atoms with E-state index in [4.69, 9.17) is 11.6 Å². The van der Waals surface area contributed by atoms with Crippen LogP contribution in [0.1, 0.15) is 34.8 Å². The summed E-state index contributed by atoms with van der Waals surface area (Å²) in [5, 5.41) is 3.89. The van der Waals surface area contributed by atoms with E-state index in [-0.39, 0.29) is 64.3 Å². The van der Waals surface area contributed by atoms with Gasteiger partial charge in [-0.3, -0.25) is 24.1 Å². The Bertz CT molecular complexity index is 1670. The Kier molecular flexibility index (Phi) is 6.59. The van der Waals surface area contributed by atoms with Gasteiger partial charge in [0.05, 0.1) is 22.4 Å². The molecule has 7 rings (SSSR count). The van der Waals surface area contributed by atoms with Gasteiger partial charge >= 0.3 is 11.0 Å². The molecule has 3 amide bonds. The highest BCUT2D eigenvalue weighted by atomic mass is 35.5. The third-order valence-electron chi connectivity index (χ3n) is 9.08. The number of alkyl halides is 3. The molecule has 7 nitrogen and oxygen atoms in total. The first-order valence-corrected chi connectivity index (χ1v) is 15.6. The maximum Gasteiger partial charge on any atom is 0.416 e. The van der Waals surface area contributed by atoms with Crippen LogP contribution in [0.4, 0.5) is 18.9 Å². The minimum absolute atomic E-state index is 0.0105. The van der Waals surface area contributed by atoms with E-state index in [2.05, 4.69) is 10.3 Å². The van der Waals surface area contributed by atoms with Crippen LogP contribution in [0, 0.1) is 29.6 Å². The zero-order valence-electron chi connectivity index (χ0n) is 21.7. The van der Waals surface area contributed by atoms with Gasteiger partial charge in [-0.2, -0.15) is 13.2 Å². The van der Waals surface area contributed by atoms with Gasteiger partial charge < -0.3 is 10.3 Å². The number of nitrogens with zero attached hydrogens (tertiary/aromatic N) is 1. The standard InChI is InChI=1S/C29H23ClF3N3O4S2/c30-14-6-4-12(5-7-14)19-20-16-11-17(23(20)41-25-24(19)42-28(40)35-25)22-21(16)26(38)36(27(22)39)9-8-18(37)34-15-3-1-2-13(10-15)29(31,32)33/h1-7,10,16-17,19-23H,8-9,11H2,(H,34,37)(H,35,40). The number of carbonyl (C=O) groups is 3. The van der Waals surface area contributed by atoms with Crippen LogP contribution in [0.5, 0.6) is 0 Å². The van der Waals surface area contributed by atoms with Gasteiger partial charge in [0.15, 0.2) is 0 Å². The average molecular weight is 634 g/mol. The maximum absolute atomic E-state index is 13.7. The van der Waals surface area contributed by atoms with Gasteiger partial charge in [0.2, 0.25) is 17.7 Å². The molecule has 2 aliphatic heterocycles. The van der Waals surface area contributed by atoms with Crippen LogP contribution in [0.3, 0.4) is 0 Å². The SMILES string of the molecule is O=C(CCN1C(=O)C2C3CC(C2C1=O)C1C(c2ccc(Cl)cc2)c2sc(=O)[nH]c2SC31)Nc1cccc(C(F)(F)F)c1. The first-order chi connectivity index (χ1) is 20.0.